The Kier molecular flexibility index (Phi) is 3.26. The summed E-state index contributed by atoms with van der Waals surface area (Å²) in [6.07, 6.45) is 6.81. The van der Waals surface area contributed by atoms with Gasteiger partial charge >= 0.3 is 0 Å². The van der Waals surface area contributed by atoms with Crippen LogP contribution in [0.5, 0.6) is 0 Å². The molecule has 0 saturated heterocycles. The predicted molar refractivity (Wildman–Crippen MR) is 68.9 cm³/mol. The van der Waals surface area contributed by atoms with E-state index in [0.29, 0.717) is 5.15 Å². The lowest BCUT2D eigenvalue weighted by Crippen LogP contribution is -1.91. The van der Waals surface area contributed by atoms with Crippen LogP contribution >= 0.6 is 24.0 Å². The molecule has 0 spiro atoms. The number of hydrogen-bond donors (Lipinski definition) is 0. The lowest BCUT2D eigenvalue weighted by molar-refractivity contribution is 1.06. The van der Waals surface area contributed by atoms with Crippen LogP contribution in [0.4, 0.5) is 0 Å². The van der Waals surface area contributed by atoms with Gasteiger partial charge in [-0.3, -0.25) is 0 Å². The maximum absolute atomic E-state index is 5.96. The maximum atomic E-state index is 5.96. The van der Waals surface area contributed by atoms with E-state index in [1.54, 1.807) is 12.5 Å². The van der Waals surface area contributed by atoms with E-state index in [9.17, 15) is 0 Å². The molecule has 0 radical (unpaired) electrons. The number of benzene rings is 1. The van der Waals surface area contributed by atoms with Gasteiger partial charge in [0.05, 0.1) is 11.8 Å². The van der Waals surface area contributed by atoms with Gasteiger partial charge in [-0.25, -0.2) is 15.0 Å². The fourth-order valence-corrected chi connectivity index (χ4v) is 1.79. The Morgan fingerprint density at radius 1 is 1.18 bits per heavy atom. The van der Waals surface area contributed by atoms with E-state index in [2.05, 4.69) is 15.0 Å². The Bertz CT molecular complexity index is 637. The molecule has 6 heteroatoms. The van der Waals surface area contributed by atoms with E-state index in [1.807, 2.05) is 29.0 Å². The van der Waals surface area contributed by atoms with Crippen LogP contribution in [0, 0.1) is 0 Å². The Hall–Kier alpha value is -1.65. The molecule has 0 aliphatic heterocycles. The zero-order chi connectivity index (χ0) is 11.0. The van der Waals surface area contributed by atoms with Crippen LogP contribution in [0.15, 0.2) is 43.2 Å². The number of hydrogen-bond acceptors (Lipinski definition) is 3. The molecule has 0 amide bonds. The van der Waals surface area contributed by atoms with Crippen molar-refractivity contribution in [3.8, 4) is 5.69 Å². The summed E-state index contributed by atoms with van der Waals surface area (Å²) in [7, 11) is 0. The van der Waals surface area contributed by atoms with E-state index in [1.165, 1.54) is 6.33 Å². The second-order valence-electron chi connectivity index (χ2n) is 3.34. The predicted octanol–water partition coefficient (Wildman–Crippen LogP) is 2.89. The zero-order valence-electron chi connectivity index (χ0n) is 8.62. The smallest absolute Gasteiger partial charge is 0.140 e. The molecule has 0 fully saturated rings. The molecule has 2 aromatic heterocycles. The largest absolute Gasteiger partial charge is 0.306 e. The van der Waals surface area contributed by atoms with Crippen molar-refractivity contribution in [2.24, 2.45) is 0 Å². The van der Waals surface area contributed by atoms with Gasteiger partial charge in [-0.05, 0) is 18.2 Å². The fraction of sp³-hybridized carbons (Fsp3) is 0. The SMILES string of the molecule is Cl.Clc1ncnc2cc(-n3ccnc3)ccc12. The molecular weight excluding hydrogens is 259 g/mol. The first-order chi connectivity index (χ1) is 7.84. The molecule has 0 saturated carbocycles. The highest BCUT2D eigenvalue weighted by Gasteiger charge is 2.02. The summed E-state index contributed by atoms with van der Waals surface area (Å²) in [5.74, 6) is 0. The third kappa shape index (κ3) is 2.09. The molecule has 0 N–H and O–H groups in total. The number of nitrogens with zero attached hydrogens (tertiary/aromatic N) is 4. The summed E-state index contributed by atoms with van der Waals surface area (Å²) in [6.45, 7) is 0. The molecule has 86 valence electrons. The standard InChI is InChI=1S/C11H7ClN4.ClH/c12-11-9-2-1-8(16-4-3-13-7-16)5-10(9)14-6-15-11;/h1-7H;1H. The molecule has 4 nitrogen and oxygen atoms in total. The summed E-state index contributed by atoms with van der Waals surface area (Å²) in [6, 6.07) is 5.82. The monoisotopic (exact) mass is 266 g/mol. The van der Waals surface area contributed by atoms with Crippen molar-refractivity contribution in [3.05, 3.63) is 48.4 Å². The van der Waals surface area contributed by atoms with E-state index < -0.39 is 0 Å². The number of rotatable bonds is 1. The first-order valence-electron chi connectivity index (χ1n) is 4.73. The average molecular weight is 267 g/mol. The van der Waals surface area contributed by atoms with Gasteiger partial charge in [-0.2, -0.15) is 0 Å². The first kappa shape index (κ1) is 11.8. The van der Waals surface area contributed by atoms with Crippen molar-refractivity contribution in [2.45, 2.75) is 0 Å². The van der Waals surface area contributed by atoms with Crippen LogP contribution in [-0.4, -0.2) is 19.5 Å². The van der Waals surface area contributed by atoms with Crippen LogP contribution in [0.25, 0.3) is 16.6 Å². The molecule has 0 unspecified atom stereocenters. The van der Waals surface area contributed by atoms with E-state index in [0.717, 1.165) is 16.6 Å². The molecule has 0 atom stereocenters. The normalized spacial score (nSPS) is 10.2. The van der Waals surface area contributed by atoms with Crippen molar-refractivity contribution in [1.29, 1.82) is 0 Å². The molecule has 1 aromatic carbocycles. The van der Waals surface area contributed by atoms with Gasteiger partial charge in [0.15, 0.2) is 0 Å². The second kappa shape index (κ2) is 4.69. The number of aromatic nitrogens is 4. The van der Waals surface area contributed by atoms with Crippen LogP contribution in [-0.2, 0) is 0 Å². The van der Waals surface area contributed by atoms with Gasteiger partial charge in [0.2, 0.25) is 0 Å². The van der Waals surface area contributed by atoms with Crippen molar-refractivity contribution in [2.75, 3.05) is 0 Å². The van der Waals surface area contributed by atoms with Gasteiger partial charge < -0.3 is 4.57 Å². The summed E-state index contributed by atoms with van der Waals surface area (Å²) in [4.78, 5) is 12.1. The van der Waals surface area contributed by atoms with Crippen molar-refractivity contribution < 1.29 is 0 Å². The molecule has 3 rings (SSSR count). The third-order valence-corrected chi connectivity index (χ3v) is 2.68. The van der Waals surface area contributed by atoms with Crippen LogP contribution in [0.1, 0.15) is 0 Å². The van der Waals surface area contributed by atoms with Gasteiger partial charge in [0.1, 0.15) is 11.5 Å². The molecule has 17 heavy (non-hydrogen) atoms. The van der Waals surface area contributed by atoms with Crippen molar-refractivity contribution in [1.82, 2.24) is 19.5 Å². The highest BCUT2D eigenvalue weighted by molar-refractivity contribution is 6.34. The summed E-state index contributed by atoms with van der Waals surface area (Å²) in [5, 5.41) is 1.33. The zero-order valence-corrected chi connectivity index (χ0v) is 10.2. The Morgan fingerprint density at radius 2 is 2.06 bits per heavy atom. The number of imidazole rings is 1. The van der Waals surface area contributed by atoms with Gasteiger partial charge in [0.25, 0.3) is 0 Å². The Labute approximate surface area is 109 Å². The molecular formula is C11H8Cl2N4. The van der Waals surface area contributed by atoms with Crippen LogP contribution in [0.3, 0.4) is 0 Å². The lowest BCUT2D eigenvalue weighted by atomic mass is 10.2. The van der Waals surface area contributed by atoms with E-state index in [4.69, 9.17) is 11.6 Å². The minimum Gasteiger partial charge on any atom is -0.306 e. The third-order valence-electron chi connectivity index (χ3n) is 2.37. The number of halogens is 2. The quantitative estimate of drug-likeness (QED) is 0.637. The minimum atomic E-state index is 0. The molecule has 3 aromatic rings. The summed E-state index contributed by atoms with van der Waals surface area (Å²) in [5.41, 5.74) is 1.82. The van der Waals surface area contributed by atoms with E-state index in [-0.39, 0.29) is 12.4 Å². The fourth-order valence-electron chi connectivity index (χ4n) is 1.59. The van der Waals surface area contributed by atoms with Crippen LogP contribution < -0.4 is 0 Å². The van der Waals surface area contributed by atoms with Gasteiger partial charge in [-0.15, -0.1) is 12.4 Å². The highest BCUT2D eigenvalue weighted by Crippen LogP contribution is 2.21. The molecule has 0 bridgehead atoms. The highest BCUT2D eigenvalue weighted by atomic mass is 35.5. The summed E-state index contributed by atoms with van der Waals surface area (Å²) < 4.78 is 1.91. The lowest BCUT2D eigenvalue weighted by Gasteiger charge is -2.03. The first-order valence-corrected chi connectivity index (χ1v) is 5.11. The molecule has 0 aliphatic carbocycles. The number of fused-ring (bicyclic) bond motifs is 1. The average Bonchev–Trinajstić information content (AvgIpc) is 2.82. The second-order valence-corrected chi connectivity index (χ2v) is 3.69. The van der Waals surface area contributed by atoms with Gasteiger partial charge in [-0.1, -0.05) is 11.6 Å². The van der Waals surface area contributed by atoms with Gasteiger partial charge in [0, 0.05) is 23.5 Å². The topological polar surface area (TPSA) is 43.6 Å². The van der Waals surface area contributed by atoms with E-state index >= 15 is 0 Å². The maximum Gasteiger partial charge on any atom is 0.140 e. The molecule has 2 heterocycles. The van der Waals surface area contributed by atoms with Crippen molar-refractivity contribution >= 4 is 34.9 Å². The Balaban J connectivity index is 0.00000108. The minimum absolute atomic E-state index is 0. The van der Waals surface area contributed by atoms with Crippen LogP contribution in [0.2, 0.25) is 5.15 Å². The Morgan fingerprint density at radius 3 is 2.82 bits per heavy atom. The summed E-state index contributed by atoms with van der Waals surface area (Å²) >= 11 is 5.96. The molecule has 0 aliphatic rings. The van der Waals surface area contributed by atoms with Crippen molar-refractivity contribution in [3.63, 3.8) is 0 Å².